The van der Waals surface area contributed by atoms with E-state index in [1.165, 1.54) is 30.3 Å². The van der Waals surface area contributed by atoms with Crippen molar-refractivity contribution in [2.75, 3.05) is 11.9 Å². The van der Waals surface area contributed by atoms with E-state index in [0.29, 0.717) is 0 Å². The topological polar surface area (TPSA) is 78.4 Å². The van der Waals surface area contributed by atoms with Gasteiger partial charge in [-0.15, -0.1) is 0 Å². The first kappa shape index (κ1) is 19.4. The molecule has 26 heavy (non-hydrogen) atoms. The highest BCUT2D eigenvalue weighted by Crippen LogP contribution is 2.38. The summed E-state index contributed by atoms with van der Waals surface area (Å²) in [5.74, 6) is -3.20. The van der Waals surface area contributed by atoms with Gasteiger partial charge in [0.25, 0.3) is 0 Å². The number of amides is 2. The van der Waals surface area contributed by atoms with Crippen LogP contribution >= 0.6 is 0 Å². The zero-order valence-electron chi connectivity index (χ0n) is 13.2. The van der Waals surface area contributed by atoms with Gasteiger partial charge in [0.15, 0.2) is 0 Å². The Labute approximate surface area is 145 Å². The number of carbonyl (C=O) groups excluding carboxylic acids is 2. The van der Waals surface area contributed by atoms with E-state index < -0.39 is 41.5 Å². The number of hydrogen-bond donors (Lipinski definition) is 3. The van der Waals surface area contributed by atoms with Gasteiger partial charge in [-0.2, -0.15) is 13.2 Å². The maximum atomic E-state index is 13.3. The fourth-order valence-corrected chi connectivity index (χ4v) is 2.09. The summed E-state index contributed by atoms with van der Waals surface area (Å²) < 4.78 is 52.6. The second-order valence-corrected chi connectivity index (χ2v) is 5.37. The molecule has 138 valence electrons. The Balaban J connectivity index is 2.07. The second kappa shape index (κ2) is 7.52. The van der Waals surface area contributed by atoms with Crippen LogP contribution in [0.25, 0.3) is 0 Å². The van der Waals surface area contributed by atoms with Crippen molar-refractivity contribution < 1.29 is 32.3 Å². The van der Waals surface area contributed by atoms with Crippen molar-refractivity contribution in [2.24, 2.45) is 0 Å². The SMILES string of the molecule is O=C(NCC(O)(c1ccccc1)C(F)(F)F)C(=O)Nc1ccc(F)cc1. The van der Waals surface area contributed by atoms with E-state index in [4.69, 9.17) is 0 Å². The molecule has 0 fully saturated rings. The van der Waals surface area contributed by atoms with E-state index in [-0.39, 0.29) is 5.69 Å². The number of anilines is 1. The van der Waals surface area contributed by atoms with Gasteiger partial charge < -0.3 is 15.7 Å². The molecular weight excluding hydrogens is 356 g/mol. The largest absolute Gasteiger partial charge is 0.423 e. The van der Waals surface area contributed by atoms with E-state index in [0.717, 1.165) is 24.3 Å². The van der Waals surface area contributed by atoms with Gasteiger partial charge in [0, 0.05) is 5.69 Å². The molecule has 0 aliphatic heterocycles. The lowest BCUT2D eigenvalue weighted by Gasteiger charge is -2.31. The minimum Gasteiger partial charge on any atom is -0.375 e. The molecule has 0 aliphatic carbocycles. The molecule has 2 rings (SSSR count). The van der Waals surface area contributed by atoms with E-state index in [9.17, 15) is 32.3 Å². The number of benzene rings is 2. The zero-order chi connectivity index (χ0) is 19.4. The monoisotopic (exact) mass is 370 g/mol. The van der Waals surface area contributed by atoms with Gasteiger partial charge in [-0.3, -0.25) is 9.59 Å². The molecule has 0 saturated carbocycles. The van der Waals surface area contributed by atoms with E-state index >= 15 is 0 Å². The van der Waals surface area contributed by atoms with Crippen LogP contribution in [0, 0.1) is 5.82 Å². The standard InChI is InChI=1S/C17H14F4N2O3/c18-12-6-8-13(9-7-12)23-15(25)14(24)22-10-16(26,17(19,20)21)11-4-2-1-3-5-11/h1-9,26H,10H2,(H,22,24)(H,23,25). The Bertz CT molecular complexity index is 779. The third-order valence-corrected chi connectivity index (χ3v) is 3.53. The Morgan fingerprint density at radius 2 is 1.50 bits per heavy atom. The van der Waals surface area contributed by atoms with Crippen LogP contribution in [-0.2, 0) is 15.2 Å². The van der Waals surface area contributed by atoms with Crippen molar-refractivity contribution in [1.29, 1.82) is 0 Å². The van der Waals surface area contributed by atoms with Crippen LogP contribution in [0.4, 0.5) is 23.2 Å². The van der Waals surface area contributed by atoms with Crippen molar-refractivity contribution in [1.82, 2.24) is 5.32 Å². The fraction of sp³-hybridized carbons (Fsp3) is 0.176. The van der Waals surface area contributed by atoms with Gasteiger partial charge in [0.1, 0.15) is 5.82 Å². The number of carbonyl (C=O) groups is 2. The molecule has 3 N–H and O–H groups in total. The summed E-state index contributed by atoms with van der Waals surface area (Å²) in [7, 11) is 0. The quantitative estimate of drug-likeness (QED) is 0.571. The number of aliphatic hydroxyl groups is 1. The summed E-state index contributed by atoms with van der Waals surface area (Å²) >= 11 is 0. The molecule has 2 aromatic rings. The Morgan fingerprint density at radius 1 is 0.923 bits per heavy atom. The highest BCUT2D eigenvalue weighted by Gasteiger charge is 2.55. The average molecular weight is 370 g/mol. The smallest absolute Gasteiger partial charge is 0.375 e. The van der Waals surface area contributed by atoms with Crippen molar-refractivity contribution in [3.63, 3.8) is 0 Å². The molecule has 2 amide bonds. The minimum atomic E-state index is -5.09. The number of hydrogen-bond acceptors (Lipinski definition) is 3. The molecule has 1 atom stereocenters. The third kappa shape index (κ3) is 4.37. The van der Waals surface area contributed by atoms with Crippen LogP contribution in [-0.4, -0.2) is 29.6 Å². The lowest BCUT2D eigenvalue weighted by atomic mass is 9.93. The third-order valence-electron chi connectivity index (χ3n) is 3.53. The molecule has 0 radical (unpaired) electrons. The molecular formula is C17H14F4N2O3. The lowest BCUT2D eigenvalue weighted by molar-refractivity contribution is -0.264. The predicted octanol–water partition coefficient (Wildman–Crippen LogP) is 2.33. The fourth-order valence-electron chi connectivity index (χ4n) is 2.09. The summed E-state index contributed by atoms with van der Waals surface area (Å²) in [5.41, 5.74) is -3.76. The number of rotatable bonds is 4. The normalized spacial score (nSPS) is 13.6. The highest BCUT2D eigenvalue weighted by molar-refractivity contribution is 6.39. The summed E-state index contributed by atoms with van der Waals surface area (Å²) in [6, 6.07) is 10.6. The predicted molar refractivity (Wildman–Crippen MR) is 84.4 cm³/mol. The maximum absolute atomic E-state index is 13.3. The second-order valence-electron chi connectivity index (χ2n) is 5.37. The van der Waals surface area contributed by atoms with E-state index in [1.54, 1.807) is 5.32 Å². The van der Waals surface area contributed by atoms with Gasteiger partial charge in [-0.05, 0) is 29.8 Å². The van der Waals surface area contributed by atoms with Gasteiger partial charge >= 0.3 is 18.0 Å². The van der Waals surface area contributed by atoms with Crippen LogP contribution in [0.3, 0.4) is 0 Å². The first-order chi connectivity index (χ1) is 12.1. The van der Waals surface area contributed by atoms with Gasteiger partial charge in [-0.25, -0.2) is 4.39 Å². The van der Waals surface area contributed by atoms with Crippen LogP contribution in [0.1, 0.15) is 5.56 Å². The average Bonchev–Trinajstić information content (AvgIpc) is 2.61. The first-order valence-corrected chi connectivity index (χ1v) is 7.33. The molecule has 1 unspecified atom stereocenters. The van der Waals surface area contributed by atoms with Crippen molar-refractivity contribution in [2.45, 2.75) is 11.8 Å². The van der Waals surface area contributed by atoms with Crippen LogP contribution < -0.4 is 10.6 Å². The molecule has 2 aromatic carbocycles. The van der Waals surface area contributed by atoms with Crippen LogP contribution in [0.2, 0.25) is 0 Å². The first-order valence-electron chi connectivity index (χ1n) is 7.33. The highest BCUT2D eigenvalue weighted by atomic mass is 19.4. The summed E-state index contributed by atoms with van der Waals surface area (Å²) in [6.07, 6.45) is -5.09. The Hall–Kier alpha value is -2.94. The van der Waals surface area contributed by atoms with Gasteiger partial charge in [0.2, 0.25) is 5.60 Å². The molecule has 9 heteroatoms. The van der Waals surface area contributed by atoms with Gasteiger partial charge in [0.05, 0.1) is 6.54 Å². The van der Waals surface area contributed by atoms with Crippen molar-refractivity contribution in [3.05, 3.63) is 66.0 Å². The Morgan fingerprint density at radius 3 is 2.04 bits per heavy atom. The molecule has 5 nitrogen and oxygen atoms in total. The zero-order valence-corrected chi connectivity index (χ0v) is 13.2. The van der Waals surface area contributed by atoms with E-state index in [1.807, 2.05) is 0 Å². The Kier molecular flexibility index (Phi) is 5.61. The number of halogens is 4. The molecule has 0 heterocycles. The van der Waals surface area contributed by atoms with Gasteiger partial charge in [-0.1, -0.05) is 30.3 Å². The molecule has 0 aliphatic rings. The van der Waals surface area contributed by atoms with Crippen LogP contribution in [0.5, 0.6) is 0 Å². The summed E-state index contributed by atoms with van der Waals surface area (Å²) in [6.45, 7) is -1.25. The number of alkyl halides is 3. The summed E-state index contributed by atoms with van der Waals surface area (Å²) in [4.78, 5) is 23.5. The molecule has 0 aromatic heterocycles. The van der Waals surface area contributed by atoms with Crippen LogP contribution in [0.15, 0.2) is 54.6 Å². The molecule has 0 saturated heterocycles. The van der Waals surface area contributed by atoms with Crippen molar-refractivity contribution >= 4 is 17.5 Å². The maximum Gasteiger partial charge on any atom is 0.423 e. The number of nitrogens with one attached hydrogen (secondary N) is 2. The molecule has 0 bridgehead atoms. The van der Waals surface area contributed by atoms with Crippen molar-refractivity contribution in [3.8, 4) is 0 Å². The molecule has 0 spiro atoms. The minimum absolute atomic E-state index is 0.0840. The van der Waals surface area contributed by atoms with E-state index in [2.05, 4.69) is 5.32 Å². The summed E-state index contributed by atoms with van der Waals surface area (Å²) in [5, 5.41) is 13.9. The lowest BCUT2D eigenvalue weighted by Crippen LogP contribution is -2.52.